The van der Waals surface area contributed by atoms with Crippen LogP contribution in [0.5, 0.6) is 11.6 Å². The molecule has 3 aromatic carbocycles. The minimum absolute atomic E-state index is 0.115. The fourth-order valence-electron chi connectivity index (χ4n) is 4.64. The Morgan fingerprint density at radius 3 is 1.97 bits per heavy atom. The van der Waals surface area contributed by atoms with Crippen molar-refractivity contribution in [3.05, 3.63) is 90.0 Å². The van der Waals surface area contributed by atoms with Crippen LogP contribution in [0.2, 0.25) is 0 Å². The Balaban J connectivity index is 1.37. The van der Waals surface area contributed by atoms with Gasteiger partial charge in [0.2, 0.25) is 17.7 Å². The molecule has 0 saturated carbocycles. The number of piperazine rings is 1. The zero-order valence-corrected chi connectivity index (χ0v) is 19.9. The van der Waals surface area contributed by atoms with Gasteiger partial charge in [0.1, 0.15) is 11.1 Å². The van der Waals surface area contributed by atoms with Crippen LogP contribution in [-0.2, 0) is 4.79 Å². The number of carbonyl (C=O) groups excluding carboxylic acids is 1. The summed E-state index contributed by atoms with van der Waals surface area (Å²) in [5, 5.41) is 0.753. The van der Waals surface area contributed by atoms with Crippen molar-refractivity contribution in [3.63, 3.8) is 0 Å². The van der Waals surface area contributed by atoms with E-state index in [1.165, 1.54) is 0 Å². The molecule has 1 aromatic heterocycles. The lowest BCUT2D eigenvalue weighted by atomic mass is 9.90. The van der Waals surface area contributed by atoms with Crippen molar-refractivity contribution in [1.82, 2.24) is 14.9 Å². The second-order valence-corrected chi connectivity index (χ2v) is 8.45. The van der Waals surface area contributed by atoms with E-state index in [0.717, 1.165) is 22.0 Å². The molecule has 1 amide bonds. The van der Waals surface area contributed by atoms with Crippen molar-refractivity contribution in [1.29, 1.82) is 0 Å². The topological polar surface area (TPSA) is 67.8 Å². The van der Waals surface area contributed by atoms with E-state index < -0.39 is 0 Å². The number of benzene rings is 3. The van der Waals surface area contributed by atoms with Crippen LogP contribution in [0, 0.1) is 0 Å². The van der Waals surface area contributed by atoms with E-state index in [9.17, 15) is 4.79 Å². The van der Waals surface area contributed by atoms with Gasteiger partial charge in [-0.3, -0.25) is 4.79 Å². The van der Waals surface area contributed by atoms with Crippen LogP contribution in [0.1, 0.15) is 17.0 Å². The first-order valence-corrected chi connectivity index (χ1v) is 11.7. The second-order valence-electron chi connectivity index (χ2n) is 8.45. The molecule has 35 heavy (non-hydrogen) atoms. The fraction of sp³-hybridized carbons (Fsp3) is 0.250. The number of amides is 1. The van der Waals surface area contributed by atoms with Crippen molar-refractivity contribution in [3.8, 4) is 11.6 Å². The first-order chi connectivity index (χ1) is 17.2. The first-order valence-electron chi connectivity index (χ1n) is 11.7. The molecular weight excluding hydrogens is 440 g/mol. The smallest absolute Gasteiger partial charge is 0.234 e. The van der Waals surface area contributed by atoms with Crippen LogP contribution in [-0.4, -0.2) is 61.2 Å². The Kier molecular flexibility index (Phi) is 6.48. The number of carbonyl (C=O) groups is 1. The predicted molar refractivity (Wildman–Crippen MR) is 136 cm³/mol. The first kappa shape index (κ1) is 22.7. The number of hydrogen-bond donors (Lipinski definition) is 0. The summed E-state index contributed by atoms with van der Waals surface area (Å²) in [6, 6.07) is 25.7. The highest BCUT2D eigenvalue weighted by molar-refractivity contribution is 5.91. The number of nitrogens with zero attached hydrogens (tertiary/aromatic N) is 4. The summed E-state index contributed by atoms with van der Waals surface area (Å²) in [5.41, 5.74) is 2.77. The largest absolute Gasteiger partial charge is 0.496 e. The molecule has 1 aliphatic heterocycles. The third kappa shape index (κ3) is 4.49. The maximum absolute atomic E-state index is 13.7. The van der Waals surface area contributed by atoms with Gasteiger partial charge in [-0.1, -0.05) is 66.7 Å². The van der Waals surface area contributed by atoms with Gasteiger partial charge in [0.15, 0.2) is 0 Å². The van der Waals surface area contributed by atoms with E-state index in [1.807, 2.05) is 83.8 Å². The summed E-state index contributed by atoms with van der Waals surface area (Å²) in [4.78, 5) is 27.2. The average Bonchev–Trinajstić information content (AvgIpc) is 2.93. The minimum atomic E-state index is -0.326. The third-order valence-corrected chi connectivity index (χ3v) is 6.44. The third-order valence-electron chi connectivity index (χ3n) is 6.44. The van der Waals surface area contributed by atoms with E-state index >= 15 is 0 Å². The summed E-state index contributed by atoms with van der Waals surface area (Å²) in [7, 11) is 3.22. The van der Waals surface area contributed by atoms with Gasteiger partial charge in [0.05, 0.1) is 25.7 Å². The molecule has 1 aliphatic rings. The maximum atomic E-state index is 13.7. The summed E-state index contributed by atoms with van der Waals surface area (Å²) in [6.07, 6.45) is 0. The fourth-order valence-corrected chi connectivity index (χ4v) is 4.64. The van der Waals surface area contributed by atoms with Gasteiger partial charge in [-0.2, -0.15) is 4.98 Å². The number of hydrogen-bond acceptors (Lipinski definition) is 6. The number of rotatable bonds is 6. The zero-order valence-electron chi connectivity index (χ0n) is 19.9. The van der Waals surface area contributed by atoms with Gasteiger partial charge < -0.3 is 19.3 Å². The van der Waals surface area contributed by atoms with E-state index in [2.05, 4.69) is 9.88 Å². The molecule has 4 aromatic rings. The molecule has 1 saturated heterocycles. The van der Waals surface area contributed by atoms with E-state index in [0.29, 0.717) is 43.8 Å². The highest BCUT2D eigenvalue weighted by Crippen LogP contribution is 2.33. The van der Waals surface area contributed by atoms with Crippen molar-refractivity contribution >= 4 is 22.8 Å². The quantitative estimate of drug-likeness (QED) is 0.424. The van der Waals surface area contributed by atoms with Gasteiger partial charge >= 0.3 is 0 Å². The summed E-state index contributed by atoms with van der Waals surface area (Å²) < 4.78 is 11.0. The summed E-state index contributed by atoms with van der Waals surface area (Å²) in [5.74, 6) is 1.54. The van der Waals surface area contributed by atoms with Crippen LogP contribution >= 0.6 is 0 Å². The molecule has 7 heteroatoms. The van der Waals surface area contributed by atoms with E-state index in [1.54, 1.807) is 14.2 Å². The number of ether oxygens (including phenoxy) is 2. The minimum Gasteiger partial charge on any atom is -0.496 e. The monoisotopic (exact) mass is 468 g/mol. The summed E-state index contributed by atoms with van der Waals surface area (Å²) >= 11 is 0. The molecule has 178 valence electrons. The van der Waals surface area contributed by atoms with Crippen molar-refractivity contribution in [2.45, 2.75) is 5.92 Å². The van der Waals surface area contributed by atoms with Crippen LogP contribution in [0.3, 0.4) is 0 Å². The Morgan fingerprint density at radius 1 is 0.771 bits per heavy atom. The highest BCUT2D eigenvalue weighted by Gasteiger charge is 2.30. The van der Waals surface area contributed by atoms with Crippen LogP contribution < -0.4 is 14.4 Å². The Hall–Kier alpha value is -4.13. The van der Waals surface area contributed by atoms with Crippen molar-refractivity contribution in [2.24, 2.45) is 0 Å². The molecular formula is C28H28N4O3. The average molecular weight is 469 g/mol. The molecule has 2 heterocycles. The molecule has 0 aliphatic carbocycles. The lowest BCUT2D eigenvalue weighted by Gasteiger charge is -2.36. The van der Waals surface area contributed by atoms with Gasteiger partial charge in [-0.15, -0.1) is 0 Å². The lowest BCUT2D eigenvalue weighted by Crippen LogP contribution is -2.50. The molecule has 0 radical (unpaired) electrons. The molecule has 1 fully saturated rings. The molecule has 0 unspecified atom stereocenters. The number of anilines is 1. The van der Waals surface area contributed by atoms with E-state index in [-0.39, 0.29) is 11.8 Å². The molecule has 0 spiro atoms. The zero-order chi connectivity index (χ0) is 24.2. The molecule has 5 rings (SSSR count). The van der Waals surface area contributed by atoms with Crippen LogP contribution in [0.4, 0.5) is 5.95 Å². The highest BCUT2D eigenvalue weighted by atomic mass is 16.5. The maximum Gasteiger partial charge on any atom is 0.234 e. The standard InChI is InChI=1S/C28H28N4O3/c1-34-23-15-9-14-22-25(23)26(35-2)30-28(29-22)32-18-16-31(17-19-32)27(33)24(20-10-5-3-6-11-20)21-12-7-4-8-13-21/h3-15,24H,16-19H2,1-2H3. The van der Waals surface area contributed by atoms with Gasteiger partial charge in [-0.25, -0.2) is 4.98 Å². The number of methoxy groups -OCH3 is 2. The van der Waals surface area contributed by atoms with Crippen LogP contribution in [0.15, 0.2) is 78.9 Å². The molecule has 7 nitrogen and oxygen atoms in total. The van der Waals surface area contributed by atoms with Gasteiger partial charge in [0, 0.05) is 26.2 Å². The Labute approximate surface area is 204 Å². The van der Waals surface area contributed by atoms with Crippen LogP contribution in [0.25, 0.3) is 10.9 Å². The number of fused-ring (bicyclic) bond motifs is 1. The van der Waals surface area contributed by atoms with Crippen molar-refractivity contribution in [2.75, 3.05) is 45.3 Å². The molecule has 0 N–H and O–H groups in total. The van der Waals surface area contributed by atoms with E-state index in [4.69, 9.17) is 14.5 Å². The summed E-state index contributed by atoms with van der Waals surface area (Å²) in [6.45, 7) is 2.47. The predicted octanol–water partition coefficient (Wildman–Crippen LogP) is 4.13. The number of aromatic nitrogens is 2. The van der Waals surface area contributed by atoms with Crippen molar-refractivity contribution < 1.29 is 14.3 Å². The normalized spacial score (nSPS) is 13.8. The Bertz CT molecular complexity index is 1270. The lowest BCUT2D eigenvalue weighted by molar-refractivity contribution is -0.132. The van der Waals surface area contributed by atoms with Gasteiger partial charge in [0.25, 0.3) is 0 Å². The molecule has 0 bridgehead atoms. The second kappa shape index (κ2) is 10.0. The Morgan fingerprint density at radius 2 is 1.40 bits per heavy atom. The van der Waals surface area contributed by atoms with Gasteiger partial charge in [-0.05, 0) is 23.3 Å². The SMILES string of the molecule is COc1cccc2nc(N3CCN(C(=O)C(c4ccccc4)c4ccccc4)CC3)nc(OC)c12. The molecule has 0 atom stereocenters.